The Morgan fingerprint density at radius 3 is 2.16 bits per heavy atom. The van der Waals surface area contributed by atoms with E-state index >= 15 is 0 Å². The van der Waals surface area contributed by atoms with Crippen LogP contribution in [0, 0.1) is 10.1 Å². The number of carbonyl (C=O) groups excluding carboxylic acids is 3. The molecule has 0 aromatic heterocycles. The highest BCUT2D eigenvalue weighted by atomic mass is 16.6. The van der Waals surface area contributed by atoms with Crippen molar-refractivity contribution in [2.75, 3.05) is 11.9 Å². The first-order valence-corrected chi connectivity index (χ1v) is 7.47. The monoisotopic (exact) mass is 339 g/mol. The molecule has 2 aromatic carbocycles. The molecule has 1 aliphatic heterocycles. The molecule has 3 rings (SSSR count). The van der Waals surface area contributed by atoms with Gasteiger partial charge >= 0.3 is 0 Å². The predicted molar refractivity (Wildman–Crippen MR) is 88.2 cm³/mol. The van der Waals surface area contributed by atoms with Crippen molar-refractivity contribution in [3.8, 4) is 0 Å². The highest BCUT2D eigenvalue weighted by Gasteiger charge is 2.35. The molecule has 0 fully saturated rings. The zero-order chi connectivity index (χ0) is 18.0. The summed E-state index contributed by atoms with van der Waals surface area (Å²) in [5, 5.41) is 13.4. The van der Waals surface area contributed by atoms with Crippen LogP contribution < -0.4 is 5.32 Å². The normalized spacial score (nSPS) is 12.9. The van der Waals surface area contributed by atoms with Crippen LogP contribution in [0.15, 0.2) is 48.5 Å². The summed E-state index contributed by atoms with van der Waals surface area (Å²) in [4.78, 5) is 47.8. The van der Waals surface area contributed by atoms with Crippen molar-refractivity contribution >= 4 is 29.1 Å². The quantitative estimate of drug-likeness (QED) is 0.510. The Hall–Kier alpha value is -3.55. The number of hydrogen-bond donors (Lipinski definition) is 1. The van der Waals surface area contributed by atoms with Crippen LogP contribution in [0.2, 0.25) is 0 Å². The van der Waals surface area contributed by atoms with Gasteiger partial charge in [0, 0.05) is 19.0 Å². The van der Waals surface area contributed by atoms with Crippen molar-refractivity contribution in [2.45, 2.75) is 6.42 Å². The van der Waals surface area contributed by atoms with Crippen LogP contribution >= 0.6 is 0 Å². The second-order valence-electron chi connectivity index (χ2n) is 5.38. The zero-order valence-corrected chi connectivity index (χ0v) is 13.0. The molecule has 0 aliphatic carbocycles. The lowest BCUT2D eigenvalue weighted by molar-refractivity contribution is -0.383. The van der Waals surface area contributed by atoms with Crippen LogP contribution in [0.25, 0.3) is 0 Å². The average molecular weight is 339 g/mol. The van der Waals surface area contributed by atoms with Gasteiger partial charge in [0.2, 0.25) is 5.91 Å². The summed E-state index contributed by atoms with van der Waals surface area (Å²) in [6.45, 7) is -0.0984. The first kappa shape index (κ1) is 16.3. The number of para-hydroxylation sites is 2. The van der Waals surface area contributed by atoms with E-state index in [0.717, 1.165) is 4.90 Å². The largest absolute Gasteiger partial charge is 0.320 e. The van der Waals surface area contributed by atoms with E-state index in [1.54, 1.807) is 30.3 Å². The van der Waals surface area contributed by atoms with E-state index in [1.165, 1.54) is 18.2 Å². The molecule has 25 heavy (non-hydrogen) atoms. The molecule has 8 heteroatoms. The number of imide groups is 1. The van der Waals surface area contributed by atoms with E-state index in [9.17, 15) is 24.5 Å². The lowest BCUT2D eigenvalue weighted by atomic mass is 10.1. The van der Waals surface area contributed by atoms with Crippen LogP contribution in [0.4, 0.5) is 11.4 Å². The smallest absolute Gasteiger partial charge is 0.292 e. The molecular weight excluding hydrogens is 326 g/mol. The summed E-state index contributed by atoms with van der Waals surface area (Å²) in [5.74, 6) is -1.41. The number of carbonyl (C=O) groups is 3. The number of rotatable bonds is 5. The van der Waals surface area contributed by atoms with Crippen LogP contribution in [0.3, 0.4) is 0 Å². The molecule has 1 aliphatic rings. The van der Waals surface area contributed by atoms with Crippen molar-refractivity contribution < 1.29 is 19.3 Å². The molecule has 8 nitrogen and oxygen atoms in total. The number of nitro benzene ring substituents is 1. The molecule has 0 spiro atoms. The summed E-state index contributed by atoms with van der Waals surface area (Å²) in [5.41, 5.74) is 0.467. The fraction of sp³-hybridized carbons (Fsp3) is 0.118. The van der Waals surface area contributed by atoms with Gasteiger partial charge in [0.1, 0.15) is 5.69 Å². The van der Waals surface area contributed by atoms with Gasteiger partial charge in [-0.1, -0.05) is 24.3 Å². The van der Waals surface area contributed by atoms with Crippen LogP contribution in [0.5, 0.6) is 0 Å². The fourth-order valence-electron chi connectivity index (χ4n) is 2.61. The van der Waals surface area contributed by atoms with Crippen molar-refractivity contribution in [2.24, 2.45) is 0 Å². The Kier molecular flexibility index (Phi) is 4.25. The van der Waals surface area contributed by atoms with Gasteiger partial charge in [-0.3, -0.25) is 29.4 Å². The molecule has 0 saturated carbocycles. The third-order valence-corrected chi connectivity index (χ3v) is 3.82. The number of nitrogens with one attached hydrogen (secondary N) is 1. The molecule has 0 bridgehead atoms. The second-order valence-corrected chi connectivity index (χ2v) is 5.38. The lowest BCUT2D eigenvalue weighted by Gasteiger charge is -2.13. The minimum Gasteiger partial charge on any atom is -0.320 e. The number of nitro groups is 1. The van der Waals surface area contributed by atoms with E-state index in [4.69, 9.17) is 0 Å². The van der Waals surface area contributed by atoms with Gasteiger partial charge in [-0.05, 0) is 18.2 Å². The van der Waals surface area contributed by atoms with E-state index in [-0.39, 0.29) is 24.3 Å². The number of benzene rings is 2. The van der Waals surface area contributed by atoms with Gasteiger partial charge in [-0.2, -0.15) is 0 Å². The van der Waals surface area contributed by atoms with Crippen LogP contribution in [-0.2, 0) is 4.79 Å². The highest BCUT2D eigenvalue weighted by molar-refractivity contribution is 6.21. The summed E-state index contributed by atoms with van der Waals surface area (Å²) < 4.78 is 0. The minimum absolute atomic E-state index is 0.0693. The van der Waals surface area contributed by atoms with Gasteiger partial charge in [-0.15, -0.1) is 0 Å². The number of nitrogens with zero attached hydrogens (tertiary/aromatic N) is 2. The van der Waals surface area contributed by atoms with Crippen molar-refractivity contribution in [3.63, 3.8) is 0 Å². The molecular formula is C17H13N3O5. The van der Waals surface area contributed by atoms with Gasteiger partial charge in [0.05, 0.1) is 16.1 Å². The van der Waals surface area contributed by atoms with Crippen molar-refractivity contribution in [1.29, 1.82) is 0 Å². The highest BCUT2D eigenvalue weighted by Crippen LogP contribution is 2.24. The van der Waals surface area contributed by atoms with E-state index in [1.807, 2.05) is 0 Å². The Balaban J connectivity index is 1.65. The number of fused-ring (bicyclic) bond motifs is 1. The maximum absolute atomic E-state index is 12.2. The van der Waals surface area contributed by atoms with Crippen LogP contribution in [0.1, 0.15) is 27.1 Å². The first-order chi connectivity index (χ1) is 12.0. The van der Waals surface area contributed by atoms with Crippen molar-refractivity contribution in [3.05, 3.63) is 69.8 Å². The Morgan fingerprint density at radius 1 is 1.00 bits per heavy atom. The topological polar surface area (TPSA) is 110 Å². The summed E-state index contributed by atoms with van der Waals surface area (Å²) in [6, 6.07) is 12.2. The second kappa shape index (κ2) is 6.52. The maximum Gasteiger partial charge on any atom is 0.292 e. The van der Waals surface area contributed by atoms with Gasteiger partial charge in [0.25, 0.3) is 17.5 Å². The minimum atomic E-state index is -0.597. The Morgan fingerprint density at radius 2 is 1.56 bits per heavy atom. The molecule has 0 radical (unpaired) electrons. The molecule has 0 atom stereocenters. The first-order valence-electron chi connectivity index (χ1n) is 7.47. The molecule has 1 N–H and O–H groups in total. The number of hydrogen-bond acceptors (Lipinski definition) is 5. The average Bonchev–Trinajstić information content (AvgIpc) is 2.85. The molecule has 0 saturated heterocycles. The summed E-state index contributed by atoms with van der Waals surface area (Å²) >= 11 is 0. The molecule has 0 unspecified atom stereocenters. The third kappa shape index (κ3) is 3.09. The summed E-state index contributed by atoms with van der Waals surface area (Å²) in [6.07, 6.45) is -0.155. The van der Waals surface area contributed by atoms with E-state index in [0.29, 0.717) is 11.1 Å². The Labute approximate surface area is 142 Å². The fourth-order valence-corrected chi connectivity index (χ4v) is 2.61. The van der Waals surface area contributed by atoms with Crippen molar-refractivity contribution in [1.82, 2.24) is 4.90 Å². The molecule has 2 aromatic rings. The van der Waals surface area contributed by atoms with E-state index in [2.05, 4.69) is 5.32 Å². The molecule has 126 valence electrons. The SMILES string of the molecule is O=C(CCN1C(=O)c2ccccc2C1=O)Nc1ccccc1[N+](=O)[O-]. The van der Waals surface area contributed by atoms with Gasteiger partial charge in [0.15, 0.2) is 0 Å². The standard InChI is InChI=1S/C17H13N3O5/c21-15(18-13-7-3-4-8-14(13)20(24)25)9-10-19-16(22)11-5-1-2-6-12(11)17(19)23/h1-8H,9-10H2,(H,18,21). The predicted octanol–water partition coefficient (Wildman–Crippen LogP) is 2.22. The molecule has 1 heterocycles. The van der Waals surface area contributed by atoms with Gasteiger partial charge in [-0.25, -0.2) is 0 Å². The number of anilines is 1. The van der Waals surface area contributed by atoms with Gasteiger partial charge < -0.3 is 5.32 Å². The number of amides is 3. The molecule has 3 amide bonds. The Bertz CT molecular complexity index is 858. The lowest BCUT2D eigenvalue weighted by Crippen LogP contribution is -2.32. The maximum atomic E-state index is 12.2. The van der Waals surface area contributed by atoms with E-state index < -0.39 is 22.6 Å². The third-order valence-electron chi connectivity index (χ3n) is 3.82. The summed E-state index contributed by atoms with van der Waals surface area (Å²) in [7, 11) is 0. The van der Waals surface area contributed by atoms with Crippen LogP contribution in [-0.4, -0.2) is 34.1 Å². The zero-order valence-electron chi connectivity index (χ0n) is 13.0.